The van der Waals surface area contributed by atoms with Gasteiger partial charge in [0.1, 0.15) is 5.58 Å². The van der Waals surface area contributed by atoms with Crippen LogP contribution in [0.15, 0.2) is 126 Å². The molecule has 0 N–H and O–H groups in total. The quantitative estimate of drug-likeness (QED) is 0.124. The third-order valence-electron chi connectivity index (χ3n) is 8.17. The van der Waals surface area contributed by atoms with Gasteiger partial charge in [0.25, 0.3) is 0 Å². The van der Waals surface area contributed by atoms with E-state index in [-0.39, 0.29) is 25.5 Å². The van der Waals surface area contributed by atoms with Crippen LogP contribution in [-0.2, 0) is 32.9 Å². The van der Waals surface area contributed by atoms with E-state index in [0.717, 1.165) is 57.3 Å². The van der Waals surface area contributed by atoms with Gasteiger partial charge in [-0.3, -0.25) is 0 Å². The van der Waals surface area contributed by atoms with Gasteiger partial charge in [0.05, 0.1) is 13.7 Å². The Bertz CT molecular complexity index is 2110. The number of hydrogen-bond donors (Lipinski definition) is 0. The Morgan fingerprint density at radius 3 is 2.19 bits per heavy atom. The molecule has 3 heterocycles. The van der Waals surface area contributed by atoms with Crippen molar-refractivity contribution in [2.45, 2.75) is 53.3 Å². The number of aromatic nitrogens is 2. The minimum atomic E-state index is -1.43. The van der Waals surface area contributed by atoms with Crippen LogP contribution < -0.4 is 5.19 Å². The maximum atomic E-state index is 6.11. The second kappa shape index (κ2) is 14.9. The summed E-state index contributed by atoms with van der Waals surface area (Å²) in [6, 6.07) is 44.0. The topological polar surface area (TPSA) is 38.9 Å². The smallest absolute Gasteiger partial charge is 0.120 e. The molecular weight excluding hydrogens is 781 g/mol. The van der Waals surface area contributed by atoms with E-state index in [4.69, 9.17) is 9.40 Å². The molecule has 0 unspecified atom stereocenters. The van der Waals surface area contributed by atoms with Gasteiger partial charge in [0.15, 0.2) is 0 Å². The Labute approximate surface area is 299 Å². The molecule has 3 nitrogen and oxygen atoms in total. The zero-order valence-corrected chi connectivity index (χ0v) is 32.0. The molecule has 1 radical (unpaired) electrons. The first-order valence-corrected chi connectivity index (χ1v) is 19.8. The minimum absolute atomic E-state index is 0. The molecule has 245 valence electrons. The zero-order valence-electron chi connectivity index (χ0n) is 28.6. The molecule has 0 aliphatic carbocycles. The van der Waals surface area contributed by atoms with Crippen molar-refractivity contribution in [1.82, 2.24) is 9.97 Å². The van der Waals surface area contributed by atoms with E-state index in [1.54, 1.807) is 0 Å². The average Bonchev–Trinajstić information content (AvgIpc) is 3.44. The van der Waals surface area contributed by atoms with Crippen LogP contribution in [0.2, 0.25) is 19.6 Å². The van der Waals surface area contributed by atoms with E-state index in [1.807, 2.05) is 48.7 Å². The maximum Gasteiger partial charge on any atom is 0.120 e. The molecule has 0 spiro atoms. The first kappa shape index (κ1) is 35.2. The fourth-order valence-corrected chi connectivity index (χ4v) is 7.62. The molecular formula is C43H42IrN2OSi-2. The molecule has 0 bridgehead atoms. The number of hydrogen-bond acceptors (Lipinski definition) is 3. The Morgan fingerprint density at radius 2 is 1.46 bits per heavy atom. The van der Waals surface area contributed by atoms with Gasteiger partial charge in [0.2, 0.25) is 0 Å². The van der Waals surface area contributed by atoms with Gasteiger partial charge in [-0.15, -0.1) is 54.1 Å². The molecule has 7 aromatic rings. The number of nitrogens with zero attached hydrogens (tertiary/aromatic N) is 2. The number of benzene rings is 4. The largest absolute Gasteiger partial charge is 0.501 e. The van der Waals surface area contributed by atoms with E-state index in [0.29, 0.717) is 0 Å². The number of fused-ring (bicyclic) bond motifs is 3. The summed E-state index contributed by atoms with van der Waals surface area (Å²) in [7, 11) is -1.43. The second-order valence-corrected chi connectivity index (χ2v) is 19.4. The predicted molar refractivity (Wildman–Crippen MR) is 200 cm³/mol. The molecule has 0 aliphatic rings. The van der Waals surface area contributed by atoms with Gasteiger partial charge in [0, 0.05) is 37.9 Å². The summed E-state index contributed by atoms with van der Waals surface area (Å²) in [6.45, 7) is 13.9. The molecule has 5 heteroatoms. The van der Waals surface area contributed by atoms with Gasteiger partial charge >= 0.3 is 0 Å². The van der Waals surface area contributed by atoms with Gasteiger partial charge in [-0.05, 0) is 52.5 Å². The Morgan fingerprint density at radius 1 is 0.708 bits per heavy atom. The van der Waals surface area contributed by atoms with E-state index in [9.17, 15) is 0 Å². The molecule has 0 atom stereocenters. The number of rotatable bonds is 6. The third-order valence-corrected chi connectivity index (χ3v) is 10.2. The zero-order chi connectivity index (χ0) is 33.0. The van der Waals surface area contributed by atoms with Crippen LogP contribution in [0.4, 0.5) is 0 Å². The van der Waals surface area contributed by atoms with Crippen LogP contribution in [0.3, 0.4) is 0 Å². The minimum Gasteiger partial charge on any atom is -0.501 e. The number of furan rings is 1. The van der Waals surface area contributed by atoms with Crippen LogP contribution in [0.5, 0.6) is 0 Å². The molecule has 48 heavy (non-hydrogen) atoms. The van der Waals surface area contributed by atoms with Crippen molar-refractivity contribution in [2.75, 3.05) is 0 Å². The first-order chi connectivity index (χ1) is 22.5. The standard InChI is InChI=1S/C22H20NO.C21H22NSi.Ir/c1-22(2,3)14-15-11-12-23-19(13-15)18-9-6-8-17-16-7-4-5-10-20(16)24-21(17)18;1-23(2,3)21-16-22-20(18-12-8-5-9-13-18)15-19(21)14-17-10-6-4-7-11-17;/h4-8,10-13H,14H2,1-3H3;4-12,15-16H,14H2,1-3H3;/q2*-1;. The van der Waals surface area contributed by atoms with Gasteiger partial charge < -0.3 is 14.4 Å². The molecule has 0 amide bonds. The predicted octanol–water partition coefficient (Wildman–Crippen LogP) is 10.7. The summed E-state index contributed by atoms with van der Waals surface area (Å²) in [6.07, 6.45) is 5.95. The van der Waals surface area contributed by atoms with Crippen molar-refractivity contribution in [3.05, 3.63) is 150 Å². The van der Waals surface area contributed by atoms with Crippen LogP contribution in [-0.4, -0.2) is 18.0 Å². The van der Waals surface area contributed by atoms with Crippen LogP contribution in [0, 0.1) is 17.5 Å². The molecule has 4 aromatic carbocycles. The second-order valence-electron chi connectivity index (χ2n) is 14.4. The summed E-state index contributed by atoms with van der Waals surface area (Å²) < 4.78 is 6.11. The summed E-state index contributed by atoms with van der Waals surface area (Å²) in [5, 5.41) is 3.69. The van der Waals surface area contributed by atoms with Gasteiger partial charge in [-0.1, -0.05) is 123 Å². The molecule has 3 aromatic heterocycles. The Kier molecular flexibility index (Phi) is 10.9. The van der Waals surface area contributed by atoms with E-state index in [2.05, 4.69) is 130 Å². The summed E-state index contributed by atoms with van der Waals surface area (Å²) in [5.41, 5.74) is 9.96. The van der Waals surface area contributed by atoms with Crippen molar-refractivity contribution >= 4 is 35.2 Å². The average molecular weight is 823 g/mol. The third kappa shape index (κ3) is 8.46. The SMILES string of the molecule is CC(C)(C)Cc1ccnc(-c2[c-]ccc3c2oc2ccccc23)c1.C[Si](C)(C)c1cnc(-c2[c-]cccc2)cc1Cc1ccccc1.[Ir]. The van der Waals surface area contributed by atoms with E-state index >= 15 is 0 Å². The summed E-state index contributed by atoms with van der Waals surface area (Å²) in [4.78, 5) is 9.29. The van der Waals surface area contributed by atoms with Crippen molar-refractivity contribution < 1.29 is 24.5 Å². The van der Waals surface area contributed by atoms with Crippen molar-refractivity contribution in [3.63, 3.8) is 0 Å². The molecule has 0 fully saturated rings. The van der Waals surface area contributed by atoms with E-state index < -0.39 is 8.07 Å². The van der Waals surface area contributed by atoms with Crippen molar-refractivity contribution in [1.29, 1.82) is 0 Å². The number of para-hydroxylation sites is 1. The first-order valence-electron chi connectivity index (χ1n) is 16.3. The summed E-state index contributed by atoms with van der Waals surface area (Å²) >= 11 is 0. The number of pyridine rings is 2. The van der Waals surface area contributed by atoms with Crippen LogP contribution in [0.25, 0.3) is 44.5 Å². The normalized spacial score (nSPS) is 11.5. The van der Waals surface area contributed by atoms with Gasteiger partial charge in [-0.25, -0.2) is 0 Å². The molecule has 0 saturated heterocycles. The van der Waals surface area contributed by atoms with Crippen molar-refractivity contribution in [2.24, 2.45) is 5.41 Å². The summed E-state index contributed by atoms with van der Waals surface area (Å²) in [5.74, 6) is 0. The van der Waals surface area contributed by atoms with E-state index in [1.165, 1.54) is 21.9 Å². The monoisotopic (exact) mass is 823 g/mol. The Hall–Kier alpha value is -4.15. The molecule has 0 aliphatic heterocycles. The molecule has 0 saturated carbocycles. The fourth-order valence-electron chi connectivity index (χ4n) is 6.05. The van der Waals surface area contributed by atoms with Crippen LogP contribution >= 0.6 is 0 Å². The fraction of sp³-hybridized carbons (Fsp3) is 0.209. The van der Waals surface area contributed by atoms with Crippen LogP contribution in [0.1, 0.15) is 37.5 Å². The molecule has 7 rings (SSSR count). The maximum absolute atomic E-state index is 6.11. The van der Waals surface area contributed by atoms with Gasteiger partial charge in [-0.2, -0.15) is 0 Å². The van der Waals surface area contributed by atoms with Crippen molar-refractivity contribution in [3.8, 4) is 22.5 Å². The Balaban J connectivity index is 0.000000184.